The molecule has 2 aromatic heterocycles. The average Bonchev–Trinajstić information content (AvgIpc) is 3.30. The molecule has 2 aliphatic heterocycles. The molecule has 8 nitrogen and oxygen atoms in total. The number of aryl methyl sites for hydroxylation is 1. The van der Waals surface area contributed by atoms with Crippen LogP contribution in [-0.4, -0.2) is 62.9 Å². The molecule has 8 heteroatoms. The number of nitrogens with one attached hydrogen (secondary N) is 1. The van der Waals surface area contributed by atoms with Crippen molar-refractivity contribution in [3.63, 3.8) is 0 Å². The first-order valence-electron chi connectivity index (χ1n) is 8.55. The molecule has 2 fully saturated rings. The molecule has 4 rings (SSSR count). The van der Waals surface area contributed by atoms with Gasteiger partial charge < -0.3 is 10.1 Å². The summed E-state index contributed by atoms with van der Waals surface area (Å²) < 4.78 is 7.79. The summed E-state index contributed by atoms with van der Waals surface area (Å²) in [5, 5.41) is 7.19. The maximum absolute atomic E-state index is 12.1. The molecule has 2 aliphatic rings. The second-order valence-corrected chi connectivity index (χ2v) is 6.81. The van der Waals surface area contributed by atoms with Gasteiger partial charge >= 0.3 is 0 Å². The molecule has 4 heterocycles. The summed E-state index contributed by atoms with van der Waals surface area (Å²) in [5.41, 5.74) is 1.57. The third-order valence-corrected chi connectivity index (χ3v) is 5.00. The molecule has 0 saturated carbocycles. The Hall–Kier alpha value is -2.32. The molecule has 132 valence electrons. The molecule has 2 aromatic rings. The minimum absolute atomic E-state index is 0.179. The lowest BCUT2D eigenvalue weighted by molar-refractivity contribution is 0.0901. The molecule has 25 heavy (non-hydrogen) atoms. The second kappa shape index (κ2) is 6.89. The highest BCUT2D eigenvalue weighted by atomic mass is 16.5. The molecule has 0 radical (unpaired) electrons. The Labute approximate surface area is 146 Å². The van der Waals surface area contributed by atoms with Crippen LogP contribution in [0.5, 0.6) is 0 Å². The molecule has 0 bridgehead atoms. The zero-order chi connectivity index (χ0) is 17.2. The van der Waals surface area contributed by atoms with Crippen molar-refractivity contribution in [1.29, 1.82) is 0 Å². The van der Waals surface area contributed by atoms with Crippen LogP contribution in [-0.2, 0) is 18.3 Å². The Bertz CT molecular complexity index is 734. The number of hydrogen-bond donors (Lipinski definition) is 1. The summed E-state index contributed by atoms with van der Waals surface area (Å²) >= 11 is 0. The summed E-state index contributed by atoms with van der Waals surface area (Å²) in [6.45, 7) is 4.14. The molecule has 0 unspecified atom stereocenters. The lowest BCUT2D eigenvalue weighted by Crippen LogP contribution is -2.34. The highest BCUT2D eigenvalue weighted by molar-refractivity contribution is 5.91. The van der Waals surface area contributed by atoms with E-state index in [-0.39, 0.29) is 12.0 Å². The highest BCUT2D eigenvalue weighted by Crippen LogP contribution is 2.33. The Morgan fingerprint density at radius 3 is 3.04 bits per heavy atom. The van der Waals surface area contributed by atoms with Gasteiger partial charge in [-0.25, -0.2) is 4.98 Å². The van der Waals surface area contributed by atoms with Crippen molar-refractivity contribution in [2.24, 2.45) is 18.9 Å². The van der Waals surface area contributed by atoms with Gasteiger partial charge in [-0.1, -0.05) is 0 Å². The number of amides is 1. The van der Waals surface area contributed by atoms with Crippen molar-refractivity contribution in [2.75, 3.05) is 26.2 Å². The van der Waals surface area contributed by atoms with Gasteiger partial charge in [-0.3, -0.25) is 19.4 Å². The van der Waals surface area contributed by atoms with Crippen LogP contribution in [0, 0.1) is 11.8 Å². The standard InChI is InChI=1S/C17H22N6O2/c1-22-7-12(4-21-22)8-23-9-14-13(11-25-16(14)10-23)5-20-17(24)15-6-18-2-3-19-15/h2-4,6-7,13-14,16H,5,8-11H2,1H3,(H,20,24)/t13-,14-,16-/m1/s1. The number of carbonyl (C=O) groups is 1. The van der Waals surface area contributed by atoms with Crippen LogP contribution in [0.25, 0.3) is 0 Å². The van der Waals surface area contributed by atoms with Gasteiger partial charge in [0.25, 0.3) is 5.91 Å². The van der Waals surface area contributed by atoms with Gasteiger partial charge in [0.15, 0.2) is 0 Å². The smallest absolute Gasteiger partial charge is 0.271 e. The van der Waals surface area contributed by atoms with Crippen LogP contribution >= 0.6 is 0 Å². The highest BCUT2D eigenvalue weighted by Gasteiger charge is 2.43. The number of carbonyl (C=O) groups excluding carboxylic acids is 1. The fraction of sp³-hybridized carbons (Fsp3) is 0.529. The monoisotopic (exact) mass is 342 g/mol. The van der Waals surface area contributed by atoms with E-state index in [1.807, 2.05) is 24.1 Å². The van der Waals surface area contributed by atoms with Crippen molar-refractivity contribution in [2.45, 2.75) is 12.6 Å². The molecule has 1 N–H and O–H groups in total. The van der Waals surface area contributed by atoms with Gasteiger partial charge in [-0.15, -0.1) is 0 Å². The van der Waals surface area contributed by atoms with Crippen LogP contribution in [0.4, 0.5) is 0 Å². The van der Waals surface area contributed by atoms with E-state index in [2.05, 4.69) is 25.3 Å². The van der Waals surface area contributed by atoms with Crippen LogP contribution in [0.3, 0.4) is 0 Å². The maximum atomic E-state index is 12.1. The molecule has 0 spiro atoms. The van der Waals surface area contributed by atoms with Gasteiger partial charge in [-0.2, -0.15) is 5.10 Å². The zero-order valence-electron chi connectivity index (χ0n) is 14.2. The minimum Gasteiger partial charge on any atom is -0.376 e. The van der Waals surface area contributed by atoms with Gasteiger partial charge in [0.2, 0.25) is 0 Å². The van der Waals surface area contributed by atoms with Crippen molar-refractivity contribution >= 4 is 5.91 Å². The Morgan fingerprint density at radius 2 is 2.28 bits per heavy atom. The summed E-state index contributed by atoms with van der Waals surface area (Å²) in [4.78, 5) is 22.5. The third kappa shape index (κ3) is 3.54. The summed E-state index contributed by atoms with van der Waals surface area (Å²) in [6, 6.07) is 0. The molecule has 1 amide bonds. The zero-order valence-corrected chi connectivity index (χ0v) is 14.2. The van der Waals surface area contributed by atoms with Crippen LogP contribution in [0.1, 0.15) is 16.1 Å². The lowest BCUT2D eigenvalue weighted by atomic mass is 9.93. The number of hydrogen-bond acceptors (Lipinski definition) is 6. The average molecular weight is 342 g/mol. The first kappa shape index (κ1) is 16.2. The Kier molecular flexibility index (Phi) is 4.46. The van der Waals surface area contributed by atoms with Gasteiger partial charge in [0, 0.05) is 69.2 Å². The summed E-state index contributed by atoms with van der Waals surface area (Å²) in [7, 11) is 1.93. The maximum Gasteiger partial charge on any atom is 0.271 e. The normalized spacial score (nSPS) is 25.9. The first-order chi connectivity index (χ1) is 12.2. The van der Waals surface area contributed by atoms with E-state index < -0.39 is 0 Å². The van der Waals surface area contributed by atoms with E-state index in [4.69, 9.17) is 4.74 Å². The predicted octanol–water partition coefficient (Wildman–Crippen LogP) is 0.0869. The number of fused-ring (bicyclic) bond motifs is 1. The van der Waals surface area contributed by atoms with Crippen LogP contribution in [0.2, 0.25) is 0 Å². The molecule has 3 atom stereocenters. The number of ether oxygens (including phenoxy) is 1. The van der Waals surface area contributed by atoms with Crippen molar-refractivity contribution < 1.29 is 9.53 Å². The number of nitrogens with zero attached hydrogens (tertiary/aromatic N) is 5. The van der Waals surface area contributed by atoms with Gasteiger partial charge in [0.1, 0.15) is 5.69 Å². The topological polar surface area (TPSA) is 85.2 Å². The van der Waals surface area contributed by atoms with E-state index >= 15 is 0 Å². The van der Waals surface area contributed by atoms with E-state index in [1.165, 1.54) is 18.0 Å². The largest absolute Gasteiger partial charge is 0.376 e. The van der Waals surface area contributed by atoms with E-state index in [1.54, 1.807) is 6.20 Å². The fourth-order valence-electron chi connectivity index (χ4n) is 3.76. The Morgan fingerprint density at radius 1 is 1.36 bits per heavy atom. The minimum atomic E-state index is -0.179. The van der Waals surface area contributed by atoms with Gasteiger partial charge in [0.05, 0.1) is 25.1 Å². The molecular formula is C17H22N6O2. The molecule has 0 aromatic carbocycles. The summed E-state index contributed by atoms with van der Waals surface area (Å²) in [5.74, 6) is 0.616. The number of likely N-dealkylation sites (tertiary alicyclic amines) is 1. The second-order valence-electron chi connectivity index (χ2n) is 6.81. The van der Waals surface area contributed by atoms with E-state index in [0.717, 1.165) is 19.6 Å². The van der Waals surface area contributed by atoms with Crippen LogP contribution in [0.15, 0.2) is 31.0 Å². The quantitative estimate of drug-likeness (QED) is 0.829. The Balaban J connectivity index is 1.30. The summed E-state index contributed by atoms with van der Waals surface area (Å²) in [6.07, 6.45) is 8.78. The fourth-order valence-corrected chi connectivity index (χ4v) is 3.76. The third-order valence-electron chi connectivity index (χ3n) is 5.00. The van der Waals surface area contributed by atoms with Crippen molar-refractivity contribution in [3.8, 4) is 0 Å². The molecular weight excluding hydrogens is 320 g/mol. The molecule has 0 aliphatic carbocycles. The lowest BCUT2D eigenvalue weighted by Gasteiger charge is -2.19. The van der Waals surface area contributed by atoms with E-state index in [9.17, 15) is 4.79 Å². The first-order valence-corrected chi connectivity index (χ1v) is 8.55. The van der Waals surface area contributed by atoms with Gasteiger partial charge in [-0.05, 0) is 0 Å². The van der Waals surface area contributed by atoms with Crippen LogP contribution < -0.4 is 5.32 Å². The number of aromatic nitrogens is 4. The SMILES string of the molecule is Cn1cc(CN2C[C@@H]3[C@H](CNC(=O)c4cnccn4)CO[C@@H]3C2)cn1. The molecule has 2 saturated heterocycles. The number of rotatable bonds is 5. The van der Waals surface area contributed by atoms with Crippen molar-refractivity contribution in [3.05, 3.63) is 42.2 Å². The van der Waals surface area contributed by atoms with E-state index in [0.29, 0.717) is 30.7 Å². The predicted molar refractivity (Wildman–Crippen MR) is 89.6 cm³/mol. The van der Waals surface area contributed by atoms with Crippen molar-refractivity contribution in [1.82, 2.24) is 30.0 Å².